The van der Waals surface area contributed by atoms with Gasteiger partial charge in [-0.05, 0) is 51.5 Å². The zero-order valence-electron chi connectivity index (χ0n) is 20.7. The quantitative estimate of drug-likeness (QED) is 0.349. The van der Waals surface area contributed by atoms with Crippen molar-refractivity contribution in [1.82, 2.24) is 19.6 Å². The zero-order valence-corrected chi connectivity index (χ0v) is 20.7. The average Bonchev–Trinajstić information content (AvgIpc) is 3.45. The molecule has 0 amide bonds. The number of aromatic nitrogens is 4. The summed E-state index contributed by atoms with van der Waals surface area (Å²) < 4.78 is 14.8. The Morgan fingerprint density at radius 1 is 1.09 bits per heavy atom. The maximum atomic E-state index is 12.1. The number of carbonyl (C=O) groups is 1. The lowest BCUT2D eigenvalue weighted by Gasteiger charge is -2.34. The normalized spacial score (nSPS) is 13.8. The number of carbonyl (C=O) groups excluding carboxylic acids is 1. The van der Waals surface area contributed by atoms with Crippen molar-refractivity contribution in [3.8, 4) is 16.9 Å². The van der Waals surface area contributed by atoms with Crippen LogP contribution in [0, 0.1) is 0 Å². The highest BCUT2D eigenvalue weighted by molar-refractivity contribution is 5.84. The van der Waals surface area contributed by atoms with Crippen molar-refractivity contribution in [1.29, 1.82) is 0 Å². The Bertz CT molecular complexity index is 1370. The van der Waals surface area contributed by atoms with Crippen LogP contribution < -0.4 is 4.90 Å². The summed E-state index contributed by atoms with van der Waals surface area (Å²) in [7, 11) is 1.37. The monoisotopic (exact) mass is 473 g/mol. The van der Waals surface area contributed by atoms with Gasteiger partial charge in [0.15, 0.2) is 5.60 Å². The van der Waals surface area contributed by atoms with Gasteiger partial charge in [-0.15, -0.1) is 0 Å². The van der Waals surface area contributed by atoms with E-state index < -0.39 is 11.6 Å². The van der Waals surface area contributed by atoms with Crippen LogP contribution in [0.25, 0.3) is 27.8 Å². The lowest BCUT2D eigenvalue weighted by atomic mass is 10.1. The molecule has 1 saturated heterocycles. The minimum absolute atomic E-state index is 0.184. The van der Waals surface area contributed by atoms with Gasteiger partial charge in [-0.25, -0.2) is 9.48 Å². The fraction of sp³-hybridized carbons (Fsp3) is 0.370. The molecule has 0 unspecified atom stereocenters. The second kappa shape index (κ2) is 9.19. The van der Waals surface area contributed by atoms with Crippen LogP contribution in [0.5, 0.6) is 0 Å². The predicted octanol–water partition coefficient (Wildman–Crippen LogP) is 4.59. The molecule has 0 spiro atoms. The number of fused-ring (bicyclic) bond motifs is 1. The second-order valence-corrected chi connectivity index (χ2v) is 9.29. The van der Waals surface area contributed by atoms with Crippen LogP contribution in [-0.4, -0.2) is 51.3 Å². The summed E-state index contributed by atoms with van der Waals surface area (Å²) in [4.78, 5) is 14.5. The number of esters is 1. The van der Waals surface area contributed by atoms with Crippen molar-refractivity contribution >= 4 is 22.6 Å². The Morgan fingerprint density at radius 2 is 1.86 bits per heavy atom. The third-order valence-corrected chi connectivity index (χ3v) is 6.56. The molecule has 0 bridgehead atoms. The summed E-state index contributed by atoms with van der Waals surface area (Å²) in [5.41, 5.74) is 4.92. The summed E-state index contributed by atoms with van der Waals surface area (Å²) in [6.07, 6.45) is 3.09. The largest absolute Gasteiger partial charge is 0.467 e. The number of hydrogen-bond acceptors (Lipinski definition) is 6. The SMILES string of the molecule is CCn1ncc2ccc(-c3cc(COC(C)(C)C(=O)OC)nn3-c3ccccc3N3CCC3)cc21. The number of methoxy groups -OCH3 is 1. The van der Waals surface area contributed by atoms with Gasteiger partial charge >= 0.3 is 5.97 Å². The summed E-state index contributed by atoms with van der Waals surface area (Å²) in [6.45, 7) is 8.56. The molecule has 3 heterocycles. The molecule has 1 aliphatic rings. The standard InChI is InChI=1S/C27H31N5O3/c1-5-31-24-15-19(11-12-20(24)17-28-31)25-16-21(18-35-27(2,3)26(33)34-4)29-32(25)23-10-7-6-9-22(23)30-13-8-14-30/h6-7,9-12,15-17H,5,8,13-14,18H2,1-4H3. The first-order valence-corrected chi connectivity index (χ1v) is 12.0. The van der Waals surface area contributed by atoms with Gasteiger partial charge in [-0.2, -0.15) is 10.2 Å². The van der Waals surface area contributed by atoms with E-state index in [1.54, 1.807) is 13.8 Å². The number of ether oxygens (including phenoxy) is 2. The highest BCUT2D eigenvalue weighted by atomic mass is 16.6. The maximum Gasteiger partial charge on any atom is 0.337 e. The van der Waals surface area contributed by atoms with E-state index in [9.17, 15) is 4.79 Å². The smallest absolute Gasteiger partial charge is 0.337 e. The first-order chi connectivity index (χ1) is 16.9. The molecule has 0 N–H and O–H groups in total. The Kier molecular flexibility index (Phi) is 6.06. The van der Waals surface area contributed by atoms with E-state index in [-0.39, 0.29) is 6.61 Å². The molecule has 1 aliphatic heterocycles. The minimum atomic E-state index is -1.07. The van der Waals surface area contributed by atoms with Gasteiger partial charge in [0.1, 0.15) is 0 Å². The number of anilines is 1. The van der Waals surface area contributed by atoms with Crippen molar-refractivity contribution in [2.24, 2.45) is 0 Å². The van der Waals surface area contributed by atoms with E-state index in [0.717, 1.165) is 58.9 Å². The molecule has 0 atom stereocenters. The van der Waals surface area contributed by atoms with Crippen LogP contribution in [-0.2, 0) is 27.4 Å². The zero-order chi connectivity index (χ0) is 24.6. The molecule has 8 heteroatoms. The van der Waals surface area contributed by atoms with Gasteiger partial charge in [-0.3, -0.25) is 4.68 Å². The lowest BCUT2D eigenvalue weighted by molar-refractivity contribution is -0.166. The Hall–Kier alpha value is -3.65. The molecule has 2 aromatic carbocycles. The van der Waals surface area contributed by atoms with Crippen molar-refractivity contribution in [2.75, 3.05) is 25.1 Å². The van der Waals surface area contributed by atoms with Crippen molar-refractivity contribution in [2.45, 2.75) is 45.9 Å². The van der Waals surface area contributed by atoms with Crippen LogP contribution in [0.4, 0.5) is 5.69 Å². The van der Waals surface area contributed by atoms with Crippen LogP contribution in [0.15, 0.2) is 54.7 Å². The van der Waals surface area contributed by atoms with Crippen molar-refractivity contribution in [3.63, 3.8) is 0 Å². The van der Waals surface area contributed by atoms with E-state index in [1.807, 2.05) is 27.7 Å². The van der Waals surface area contributed by atoms with Gasteiger partial charge in [0.2, 0.25) is 0 Å². The summed E-state index contributed by atoms with van der Waals surface area (Å²) >= 11 is 0. The second-order valence-electron chi connectivity index (χ2n) is 9.29. The molecule has 5 rings (SSSR count). The van der Waals surface area contributed by atoms with Gasteiger partial charge in [0.25, 0.3) is 0 Å². The number of benzene rings is 2. The van der Waals surface area contributed by atoms with Crippen molar-refractivity contribution < 1.29 is 14.3 Å². The lowest BCUT2D eigenvalue weighted by Crippen LogP contribution is -2.37. The Labute approximate surface area is 205 Å². The molecule has 0 radical (unpaired) electrons. The summed E-state index contributed by atoms with van der Waals surface area (Å²) in [6, 6.07) is 16.7. The van der Waals surface area contributed by atoms with Gasteiger partial charge in [0, 0.05) is 30.6 Å². The summed E-state index contributed by atoms with van der Waals surface area (Å²) in [5.74, 6) is -0.418. The first-order valence-electron chi connectivity index (χ1n) is 12.0. The van der Waals surface area contributed by atoms with Gasteiger partial charge in [0.05, 0.1) is 48.2 Å². The number of nitrogens with zero attached hydrogens (tertiary/aromatic N) is 5. The fourth-order valence-corrected chi connectivity index (χ4v) is 4.40. The maximum absolute atomic E-state index is 12.1. The number of para-hydroxylation sites is 2. The molecule has 4 aromatic rings. The van der Waals surface area contributed by atoms with E-state index in [0.29, 0.717) is 0 Å². The van der Waals surface area contributed by atoms with Crippen molar-refractivity contribution in [3.05, 3.63) is 60.4 Å². The third-order valence-electron chi connectivity index (χ3n) is 6.56. The molecule has 8 nitrogen and oxygen atoms in total. The van der Waals surface area contributed by atoms with Gasteiger partial charge < -0.3 is 14.4 Å². The average molecular weight is 474 g/mol. The molecule has 0 aliphatic carbocycles. The topological polar surface area (TPSA) is 74.4 Å². The highest BCUT2D eigenvalue weighted by Crippen LogP contribution is 2.33. The molecule has 1 fully saturated rings. The number of rotatable bonds is 8. The molecule has 0 saturated carbocycles. The highest BCUT2D eigenvalue weighted by Gasteiger charge is 2.30. The van der Waals surface area contributed by atoms with Crippen LogP contribution >= 0.6 is 0 Å². The molecular formula is C27H31N5O3. The number of aryl methyl sites for hydroxylation is 1. The Morgan fingerprint density at radius 3 is 2.54 bits per heavy atom. The fourth-order valence-electron chi connectivity index (χ4n) is 4.40. The van der Waals surface area contributed by atoms with E-state index in [4.69, 9.17) is 14.6 Å². The van der Waals surface area contributed by atoms with E-state index in [2.05, 4.69) is 53.3 Å². The third kappa shape index (κ3) is 4.30. The first kappa shape index (κ1) is 23.1. The van der Waals surface area contributed by atoms with E-state index in [1.165, 1.54) is 13.5 Å². The van der Waals surface area contributed by atoms with Crippen LogP contribution in [0.3, 0.4) is 0 Å². The van der Waals surface area contributed by atoms with E-state index >= 15 is 0 Å². The molecule has 35 heavy (non-hydrogen) atoms. The molecular weight excluding hydrogens is 442 g/mol. The molecule has 182 valence electrons. The predicted molar refractivity (Wildman–Crippen MR) is 136 cm³/mol. The van der Waals surface area contributed by atoms with Crippen LogP contribution in [0.1, 0.15) is 32.9 Å². The Balaban J connectivity index is 1.60. The molecule has 2 aromatic heterocycles. The van der Waals surface area contributed by atoms with Gasteiger partial charge in [-0.1, -0.05) is 24.3 Å². The number of hydrogen-bond donors (Lipinski definition) is 0. The summed E-state index contributed by atoms with van der Waals surface area (Å²) in [5, 5.41) is 10.5. The van der Waals surface area contributed by atoms with Crippen LogP contribution in [0.2, 0.25) is 0 Å². The minimum Gasteiger partial charge on any atom is -0.467 e.